The van der Waals surface area contributed by atoms with E-state index < -0.39 is 0 Å². The van der Waals surface area contributed by atoms with Crippen LogP contribution in [-0.2, 0) is 0 Å². The molecule has 0 bridgehead atoms. The van der Waals surface area contributed by atoms with Gasteiger partial charge < -0.3 is 5.32 Å². The van der Waals surface area contributed by atoms with Crippen molar-refractivity contribution >= 4 is 0 Å². The number of hydrogen-bond donors (Lipinski definition) is 1. The minimum Gasteiger partial charge on any atom is -0.312 e. The van der Waals surface area contributed by atoms with Crippen molar-refractivity contribution < 1.29 is 0 Å². The normalized spacial score (nSPS) is 29.4. The summed E-state index contributed by atoms with van der Waals surface area (Å²) in [5.41, 5.74) is 1.42. The Morgan fingerprint density at radius 2 is 2.06 bits per heavy atom. The Bertz CT molecular complexity index is 414. The fourth-order valence-electron chi connectivity index (χ4n) is 2.29. The van der Waals surface area contributed by atoms with Crippen molar-refractivity contribution in [3.05, 3.63) is 35.9 Å². The highest BCUT2D eigenvalue weighted by Gasteiger charge is 2.46. The quantitative estimate of drug-likeness (QED) is 0.832. The van der Waals surface area contributed by atoms with E-state index in [9.17, 15) is 0 Å². The van der Waals surface area contributed by atoms with E-state index >= 15 is 0 Å². The van der Waals surface area contributed by atoms with Gasteiger partial charge in [0.15, 0.2) is 0 Å². The molecule has 0 amide bonds. The van der Waals surface area contributed by atoms with Gasteiger partial charge in [0.1, 0.15) is 0 Å². The summed E-state index contributed by atoms with van der Waals surface area (Å²) in [5, 5.41) is 12.5. The van der Waals surface area contributed by atoms with Crippen molar-refractivity contribution in [3.8, 4) is 6.07 Å². The molecule has 16 heavy (non-hydrogen) atoms. The Balaban J connectivity index is 1.52. The van der Waals surface area contributed by atoms with Gasteiger partial charge in [0.05, 0.1) is 11.5 Å². The van der Waals surface area contributed by atoms with Crippen LogP contribution in [0.2, 0.25) is 0 Å². The van der Waals surface area contributed by atoms with E-state index in [1.54, 1.807) is 0 Å². The van der Waals surface area contributed by atoms with Gasteiger partial charge in [0, 0.05) is 18.5 Å². The summed E-state index contributed by atoms with van der Waals surface area (Å²) in [4.78, 5) is 0. The smallest absolute Gasteiger partial charge is 0.0703 e. The molecule has 2 atom stereocenters. The first-order valence-corrected chi connectivity index (χ1v) is 6.03. The highest BCUT2D eigenvalue weighted by molar-refractivity contribution is 5.28. The van der Waals surface area contributed by atoms with Gasteiger partial charge in [0.25, 0.3) is 0 Å². The maximum Gasteiger partial charge on any atom is 0.0703 e. The number of nitriles is 1. The maximum atomic E-state index is 8.98. The predicted octanol–water partition coefficient (Wildman–Crippen LogP) is 2.44. The van der Waals surface area contributed by atoms with Crippen LogP contribution in [-0.4, -0.2) is 12.6 Å². The van der Waals surface area contributed by atoms with Crippen LogP contribution in [0.3, 0.4) is 0 Å². The Kier molecular flexibility index (Phi) is 2.22. The van der Waals surface area contributed by atoms with Crippen LogP contribution in [0.1, 0.15) is 30.7 Å². The molecule has 0 spiro atoms. The van der Waals surface area contributed by atoms with E-state index in [1.165, 1.54) is 12.0 Å². The van der Waals surface area contributed by atoms with Crippen LogP contribution in [0, 0.1) is 16.7 Å². The summed E-state index contributed by atoms with van der Waals surface area (Å²) in [6.07, 6.45) is 3.39. The molecule has 0 radical (unpaired) electrons. The molecule has 2 aliphatic rings. The topological polar surface area (TPSA) is 35.8 Å². The molecule has 0 aromatic heterocycles. The van der Waals surface area contributed by atoms with E-state index in [2.05, 4.69) is 41.7 Å². The van der Waals surface area contributed by atoms with Crippen LogP contribution in [0.4, 0.5) is 0 Å². The summed E-state index contributed by atoms with van der Waals surface area (Å²) < 4.78 is 0. The molecule has 0 saturated heterocycles. The number of hydrogen-bond acceptors (Lipinski definition) is 2. The molecular formula is C14H16N2. The molecule has 1 aromatic carbocycles. The Hall–Kier alpha value is -1.33. The number of nitrogens with zero attached hydrogens (tertiary/aromatic N) is 1. The molecule has 1 N–H and O–H groups in total. The van der Waals surface area contributed by atoms with Gasteiger partial charge >= 0.3 is 0 Å². The summed E-state index contributed by atoms with van der Waals surface area (Å²) >= 11 is 0. The molecule has 2 nitrogen and oxygen atoms in total. The van der Waals surface area contributed by atoms with E-state index in [0.717, 1.165) is 19.4 Å². The lowest BCUT2D eigenvalue weighted by Crippen LogP contribution is -2.25. The van der Waals surface area contributed by atoms with E-state index in [4.69, 9.17) is 5.26 Å². The van der Waals surface area contributed by atoms with Gasteiger partial charge in [-0.25, -0.2) is 0 Å². The SMILES string of the molecule is N#CC1(CN[C@H]2C[C@@H]2c2ccccc2)CC1. The Labute approximate surface area is 96.3 Å². The molecule has 0 heterocycles. The van der Waals surface area contributed by atoms with Gasteiger partial charge in [-0.15, -0.1) is 0 Å². The van der Waals surface area contributed by atoms with Crippen molar-refractivity contribution in [2.75, 3.05) is 6.54 Å². The van der Waals surface area contributed by atoms with Crippen molar-refractivity contribution in [2.45, 2.75) is 31.2 Å². The van der Waals surface area contributed by atoms with Crippen LogP contribution in [0.25, 0.3) is 0 Å². The Morgan fingerprint density at radius 1 is 1.31 bits per heavy atom. The highest BCUT2D eigenvalue weighted by atomic mass is 15.0. The van der Waals surface area contributed by atoms with E-state index in [-0.39, 0.29) is 5.41 Å². The average Bonchev–Trinajstić information content (AvgIpc) is 3.23. The maximum absolute atomic E-state index is 8.98. The second kappa shape index (κ2) is 3.61. The largest absolute Gasteiger partial charge is 0.312 e. The van der Waals surface area contributed by atoms with Gasteiger partial charge in [-0.2, -0.15) is 5.26 Å². The first-order chi connectivity index (χ1) is 7.83. The van der Waals surface area contributed by atoms with E-state index in [1.807, 2.05) is 0 Å². The van der Waals surface area contributed by atoms with Crippen LogP contribution >= 0.6 is 0 Å². The van der Waals surface area contributed by atoms with Gasteiger partial charge in [0.2, 0.25) is 0 Å². The van der Waals surface area contributed by atoms with E-state index in [0.29, 0.717) is 12.0 Å². The minimum atomic E-state index is -0.0101. The first kappa shape index (κ1) is 9.86. The lowest BCUT2D eigenvalue weighted by Gasteiger charge is -2.07. The zero-order valence-corrected chi connectivity index (χ0v) is 9.32. The average molecular weight is 212 g/mol. The molecular weight excluding hydrogens is 196 g/mol. The molecule has 3 rings (SSSR count). The predicted molar refractivity (Wildman–Crippen MR) is 62.9 cm³/mol. The molecule has 2 heteroatoms. The van der Waals surface area contributed by atoms with Crippen molar-refractivity contribution in [1.29, 1.82) is 5.26 Å². The minimum absolute atomic E-state index is 0.0101. The van der Waals surface area contributed by atoms with Crippen molar-refractivity contribution in [3.63, 3.8) is 0 Å². The lowest BCUT2D eigenvalue weighted by atomic mass is 10.1. The zero-order chi connectivity index (χ0) is 11.0. The van der Waals surface area contributed by atoms with Gasteiger partial charge in [-0.05, 0) is 24.8 Å². The number of rotatable bonds is 4. The second-order valence-electron chi connectivity index (χ2n) is 5.13. The summed E-state index contributed by atoms with van der Waals surface area (Å²) in [6, 6.07) is 13.7. The lowest BCUT2D eigenvalue weighted by molar-refractivity contribution is 0.550. The van der Waals surface area contributed by atoms with Gasteiger partial charge in [-0.1, -0.05) is 30.3 Å². The molecule has 1 aromatic rings. The molecule has 2 aliphatic carbocycles. The molecule has 82 valence electrons. The third-order valence-electron chi connectivity index (χ3n) is 3.81. The third kappa shape index (κ3) is 1.83. The second-order valence-corrected chi connectivity index (χ2v) is 5.13. The highest BCUT2D eigenvalue weighted by Crippen LogP contribution is 2.46. The van der Waals surface area contributed by atoms with Gasteiger partial charge in [-0.3, -0.25) is 0 Å². The number of benzene rings is 1. The summed E-state index contributed by atoms with van der Waals surface area (Å²) in [7, 11) is 0. The molecule has 2 saturated carbocycles. The summed E-state index contributed by atoms with van der Waals surface area (Å²) in [6.45, 7) is 0.886. The van der Waals surface area contributed by atoms with Crippen molar-refractivity contribution in [2.24, 2.45) is 5.41 Å². The van der Waals surface area contributed by atoms with Crippen LogP contribution in [0.15, 0.2) is 30.3 Å². The zero-order valence-electron chi connectivity index (χ0n) is 9.32. The Morgan fingerprint density at radius 3 is 2.69 bits per heavy atom. The van der Waals surface area contributed by atoms with Crippen LogP contribution in [0.5, 0.6) is 0 Å². The standard InChI is InChI=1S/C14H16N2/c15-9-14(6-7-14)10-16-13-8-12(13)11-4-2-1-3-5-11/h1-5,12-13,16H,6-8,10H2/t12-,13+/m1/s1. The molecule has 0 aliphatic heterocycles. The molecule has 0 unspecified atom stereocenters. The monoisotopic (exact) mass is 212 g/mol. The number of nitrogens with one attached hydrogen (secondary N) is 1. The first-order valence-electron chi connectivity index (χ1n) is 6.03. The van der Waals surface area contributed by atoms with Crippen molar-refractivity contribution in [1.82, 2.24) is 5.32 Å². The molecule has 2 fully saturated rings. The fourth-order valence-corrected chi connectivity index (χ4v) is 2.29. The fraction of sp³-hybridized carbons (Fsp3) is 0.500. The summed E-state index contributed by atoms with van der Waals surface area (Å²) in [5.74, 6) is 0.677. The van der Waals surface area contributed by atoms with Crippen LogP contribution < -0.4 is 5.32 Å². The third-order valence-corrected chi connectivity index (χ3v) is 3.81.